The van der Waals surface area contributed by atoms with Crippen molar-refractivity contribution in [1.29, 1.82) is 0 Å². The Labute approximate surface area is 169 Å². The molecule has 8 heteroatoms. The van der Waals surface area contributed by atoms with Crippen LogP contribution in [-0.2, 0) is 15.7 Å². The van der Waals surface area contributed by atoms with Crippen molar-refractivity contribution in [1.82, 2.24) is 4.40 Å². The second-order valence-electron chi connectivity index (χ2n) is 6.32. The number of benzene rings is 1. The summed E-state index contributed by atoms with van der Waals surface area (Å²) in [5, 5.41) is 1.35. The number of fused-ring (bicyclic) bond motifs is 1. The number of rotatable bonds is 4. The molecule has 3 rings (SSSR count). The summed E-state index contributed by atoms with van der Waals surface area (Å²) in [6, 6.07) is 9.31. The molecule has 0 aliphatic carbocycles. The number of ether oxygens (including phenoxy) is 1. The third-order valence-corrected chi connectivity index (χ3v) is 5.74. The van der Waals surface area contributed by atoms with Gasteiger partial charge >= 0.3 is 12.1 Å². The van der Waals surface area contributed by atoms with Gasteiger partial charge in [0, 0.05) is 28.6 Å². The number of aromatic nitrogens is 1. The lowest BCUT2D eigenvalue weighted by atomic mass is 10.1. The SMILES string of the molecule is CC(=O)OC(C)c1c(C)c(Sc2ccc(Cl)cc2)n2ccc(C(F)(F)F)cc12. The van der Waals surface area contributed by atoms with Crippen LogP contribution in [-0.4, -0.2) is 10.4 Å². The average Bonchev–Trinajstić information content (AvgIpc) is 2.87. The van der Waals surface area contributed by atoms with Crippen molar-refractivity contribution in [2.75, 3.05) is 0 Å². The summed E-state index contributed by atoms with van der Waals surface area (Å²) in [5.41, 5.74) is 0.917. The minimum absolute atomic E-state index is 0.359. The minimum atomic E-state index is -4.47. The number of pyridine rings is 1. The maximum absolute atomic E-state index is 13.2. The highest BCUT2D eigenvalue weighted by Crippen LogP contribution is 2.40. The number of alkyl halides is 3. The van der Waals surface area contributed by atoms with E-state index < -0.39 is 23.8 Å². The topological polar surface area (TPSA) is 30.7 Å². The highest BCUT2D eigenvalue weighted by Gasteiger charge is 2.32. The molecule has 0 spiro atoms. The molecule has 0 amide bonds. The second-order valence-corrected chi connectivity index (χ2v) is 7.82. The molecule has 0 aliphatic rings. The minimum Gasteiger partial charge on any atom is -0.458 e. The van der Waals surface area contributed by atoms with Crippen LogP contribution in [0, 0.1) is 6.92 Å². The van der Waals surface area contributed by atoms with E-state index in [1.165, 1.54) is 24.9 Å². The molecule has 0 bridgehead atoms. The van der Waals surface area contributed by atoms with Gasteiger partial charge in [0.15, 0.2) is 0 Å². The smallest absolute Gasteiger partial charge is 0.416 e. The van der Waals surface area contributed by atoms with E-state index in [1.807, 2.05) is 19.1 Å². The highest BCUT2D eigenvalue weighted by molar-refractivity contribution is 7.99. The molecular formula is C20H17ClF3NO2S. The summed E-state index contributed by atoms with van der Waals surface area (Å²) >= 11 is 7.33. The molecule has 1 atom stereocenters. The fourth-order valence-corrected chi connectivity index (χ4v) is 4.25. The van der Waals surface area contributed by atoms with Crippen LogP contribution >= 0.6 is 23.4 Å². The Hall–Kier alpha value is -2.12. The Morgan fingerprint density at radius 1 is 1.21 bits per heavy atom. The van der Waals surface area contributed by atoms with Crippen molar-refractivity contribution >= 4 is 34.8 Å². The fraction of sp³-hybridized carbons (Fsp3) is 0.250. The molecule has 0 aliphatic heterocycles. The van der Waals surface area contributed by atoms with Gasteiger partial charge in [0.2, 0.25) is 0 Å². The second kappa shape index (κ2) is 7.72. The van der Waals surface area contributed by atoms with E-state index in [4.69, 9.17) is 16.3 Å². The first kappa shape index (κ1) is 20.6. The van der Waals surface area contributed by atoms with Gasteiger partial charge in [0.25, 0.3) is 0 Å². The van der Waals surface area contributed by atoms with Gasteiger partial charge in [-0.15, -0.1) is 0 Å². The van der Waals surface area contributed by atoms with Gasteiger partial charge in [-0.05, 0) is 55.8 Å². The van der Waals surface area contributed by atoms with Crippen LogP contribution in [0.3, 0.4) is 0 Å². The molecule has 1 unspecified atom stereocenters. The first-order valence-corrected chi connectivity index (χ1v) is 9.59. The van der Waals surface area contributed by atoms with Crippen molar-refractivity contribution in [2.45, 2.75) is 43.0 Å². The number of nitrogens with zero attached hydrogens (tertiary/aromatic N) is 1. The Bertz CT molecular complexity index is 1030. The third-order valence-electron chi connectivity index (χ3n) is 4.28. The van der Waals surface area contributed by atoms with Gasteiger partial charge in [0.1, 0.15) is 6.10 Å². The standard InChI is InChI=1S/C20H17ClF3NO2S/c1-11-18(12(2)27-13(3)26)17-10-14(20(22,23)24)8-9-25(17)19(11)28-16-6-4-15(21)5-7-16/h4-10,12H,1-3H3. The van der Waals surface area contributed by atoms with Gasteiger partial charge in [0.05, 0.1) is 16.1 Å². The molecule has 3 aromatic rings. The van der Waals surface area contributed by atoms with Crippen molar-refractivity contribution in [3.05, 3.63) is 64.3 Å². The van der Waals surface area contributed by atoms with Crippen LogP contribution in [0.1, 0.15) is 36.6 Å². The summed E-state index contributed by atoms with van der Waals surface area (Å²) in [7, 11) is 0. The molecule has 0 N–H and O–H groups in total. The summed E-state index contributed by atoms with van der Waals surface area (Å²) in [5.74, 6) is -0.495. The van der Waals surface area contributed by atoms with Crippen molar-refractivity contribution in [2.24, 2.45) is 0 Å². The number of hydrogen-bond acceptors (Lipinski definition) is 3. The maximum atomic E-state index is 13.2. The summed E-state index contributed by atoms with van der Waals surface area (Å²) in [6.07, 6.45) is -3.76. The van der Waals surface area contributed by atoms with E-state index >= 15 is 0 Å². The lowest BCUT2D eigenvalue weighted by Crippen LogP contribution is -2.07. The van der Waals surface area contributed by atoms with Gasteiger partial charge in [-0.3, -0.25) is 4.79 Å². The van der Waals surface area contributed by atoms with E-state index in [0.717, 1.165) is 27.6 Å². The van der Waals surface area contributed by atoms with E-state index in [0.29, 0.717) is 16.1 Å². The molecule has 2 heterocycles. The van der Waals surface area contributed by atoms with Crippen molar-refractivity contribution in [3.63, 3.8) is 0 Å². The number of esters is 1. The zero-order chi connectivity index (χ0) is 20.6. The molecule has 2 aromatic heterocycles. The average molecular weight is 428 g/mol. The molecular weight excluding hydrogens is 411 g/mol. The Morgan fingerprint density at radius 2 is 1.86 bits per heavy atom. The van der Waals surface area contributed by atoms with Gasteiger partial charge in [-0.25, -0.2) is 0 Å². The molecule has 1 aromatic carbocycles. The number of carbonyl (C=O) groups is 1. The molecule has 0 saturated carbocycles. The van der Waals surface area contributed by atoms with Crippen LogP contribution < -0.4 is 0 Å². The molecule has 0 radical (unpaired) electrons. The van der Waals surface area contributed by atoms with Gasteiger partial charge < -0.3 is 9.14 Å². The summed E-state index contributed by atoms with van der Waals surface area (Å²) < 4.78 is 46.7. The predicted molar refractivity (Wildman–Crippen MR) is 103 cm³/mol. The normalized spacial score (nSPS) is 13.0. The molecule has 148 valence electrons. The van der Waals surface area contributed by atoms with Gasteiger partial charge in [-0.1, -0.05) is 23.4 Å². The number of halogens is 4. The van der Waals surface area contributed by atoms with Crippen LogP contribution in [0.4, 0.5) is 13.2 Å². The quantitative estimate of drug-likeness (QED) is 0.434. The first-order valence-electron chi connectivity index (χ1n) is 8.40. The molecule has 0 fully saturated rings. The highest BCUT2D eigenvalue weighted by atomic mass is 35.5. The lowest BCUT2D eigenvalue weighted by Gasteiger charge is -2.13. The Balaban J connectivity index is 2.19. The van der Waals surface area contributed by atoms with Crippen LogP contribution in [0.5, 0.6) is 0 Å². The monoisotopic (exact) mass is 427 g/mol. The maximum Gasteiger partial charge on any atom is 0.416 e. The lowest BCUT2D eigenvalue weighted by molar-refractivity contribution is -0.145. The number of carbonyl (C=O) groups excluding carboxylic acids is 1. The van der Waals surface area contributed by atoms with Gasteiger partial charge in [-0.2, -0.15) is 13.2 Å². The van der Waals surface area contributed by atoms with Crippen molar-refractivity contribution < 1.29 is 22.7 Å². The largest absolute Gasteiger partial charge is 0.458 e. The molecule has 0 saturated heterocycles. The molecule has 3 nitrogen and oxygen atoms in total. The molecule has 28 heavy (non-hydrogen) atoms. The van der Waals surface area contributed by atoms with Crippen molar-refractivity contribution in [3.8, 4) is 0 Å². The predicted octanol–water partition coefficient (Wildman–Crippen LogP) is 6.70. The summed E-state index contributed by atoms with van der Waals surface area (Å²) in [4.78, 5) is 12.3. The zero-order valence-corrected chi connectivity index (χ0v) is 16.9. The van der Waals surface area contributed by atoms with E-state index in [-0.39, 0.29) is 0 Å². The number of hydrogen-bond donors (Lipinski definition) is 0. The fourth-order valence-electron chi connectivity index (χ4n) is 3.11. The van der Waals surface area contributed by atoms with Crippen LogP contribution in [0.2, 0.25) is 5.02 Å². The Kier molecular flexibility index (Phi) is 5.68. The summed E-state index contributed by atoms with van der Waals surface area (Å²) in [6.45, 7) is 4.74. The zero-order valence-electron chi connectivity index (χ0n) is 15.3. The van der Waals surface area contributed by atoms with E-state index in [9.17, 15) is 18.0 Å². The van der Waals surface area contributed by atoms with Crippen LogP contribution in [0.25, 0.3) is 5.52 Å². The first-order chi connectivity index (χ1) is 13.1. The third kappa shape index (κ3) is 4.15. The Morgan fingerprint density at radius 3 is 2.43 bits per heavy atom. The van der Waals surface area contributed by atoms with E-state index in [2.05, 4.69) is 0 Å². The van der Waals surface area contributed by atoms with E-state index in [1.54, 1.807) is 23.5 Å². The van der Waals surface area contributed by atoms with Crippen LogP contribution in [0.15, 0.2) is 52.5 Å².